The summed E-state index contributed by atoms with van der Waals surface area (Å²) < 4.78 is 13.7. The Morgan fingerprint density at radius 1 is 1.35 bits per heavy atom. The summed E-state index contributed by atoms with van der Waals surface area (Å²) in [4.78, 5) is 15.3. The van der Waals surface area contributed by atoms with E-state index in [2.05, 4.69) is 23.6 Å². The molecule has 5 heteroatoms. The van der Waals surface area contributed by atoms with E-state index in [0.29, 0.717) is 6.04 Å². The van der Waals surface area contributed by atoms with Crippen LogP contribution in [-0.4, -0.2) is 48.2 Å². The molecule has 1 aliphatic heterocycles. The summed E-state index contributed by atoms with van der Waals surface area (Å²) in [5.74, 6) is -1.89. The van der Waals surface area contributed by atoms with Crippen molar-refractivity contribution in [2.75, 3.05) is 31.1 Å². The lowest BCUT2D eigenvalue weighted by atomic mass is 10.1. The van der Waals surface area contributed by atoms with Crippen LogP contribution in [0.4, 0.5) is 10.1 Å². The lowest BCUT2D eigenvalue weighted by Gasteiger charge is -2.39. The highest BCUT2D eigenvalue weighted by molar-refractivity contribution is 5.88. The summed E-state index contributed by atoms with van der Waals surface area (Å²) in [5, 5.41) is 8.83. The molecule has 1 unspecified atom stereocenters. The number of piperazine rings is 1. The first-order valence-electron chi connectivity index (χ1n) is 7.04. The highest BCUT2D eigenvalue weighted by Crippen LogP contribution is 2.21. The molecule has 0 radical (unpaired) electrons. The topological polar surface area (TPSA) is 43.8 Å². The number of anilines is 1. The van der Waals surface area contributed by atoms with Gasteiger partial charge < -0.3 is 10.0 Å². The zero-order valence-corrected chi connectivity index (χ0v) is 12.0. The molecule has 1 aliphatic rings. The molecule has 0 saturated carbocycles. The Hall–Kier alpha value is -1.62. The number of halogens is 1. The van der Waals surface area contributed by atoms with Crippen LogP contribution in [0, 0.1) is 5.82 Å². The molecule has 0 bridgehead atoms. The molecule has 2 rings (SSSR count). The minimum Gasteiger partial charge on any atom is -0.478 e. The SMILES string of the molecule is CCC(C)N1CCN(c2ccc(C(=O)O)c(F)c2)CC1. The van der Waals surface area contributed by atoms with E-state index < -0.39 is 11.8 Å². The molecule has 0 spiro atoms. The summed E-state index contributed by atoms with van der Waals surface area (Å²) in [6, 6.07) is 4.92. The monoisotopic (exact) mass is 280 g/mol. The van der Waals surface area contributed by atoms with Crippen LogP contribution in [0.15, 0.2) is 18.2 Å². The highest BCUT2D eigenvalue weighted by Gasteiger charge is 2.21. The molecule has 1 aromatic rings. The molecular weight excluding hydrogens is 259 g/mol. The fourth-order valence-electron chi connectivity index (χ4n) is 2.55. The Balaban J connectivity index is 2.04. The van der Waals surface area contributed by atoms with Gasteiger partial charge in [-0.3, -0.25) is 4.90 Å². The third-order valence-corrected chi connectivity index (χ3v) is 4.08. The van der Waals surface area contributed by atoms with E-state index in [0.717, 1.165) is 38.3 Å². The van der Waals surface area contributed by atoms with Crippen molar-refractivity contribution in [3.8, 4) is 0 Å². The van der Waals surface area contributed by atoms with E-state index in [1.807, 2.05) is 0 Å². The van der Waals surface area contributed by atoms with Crippen LogP contribution < -0.4 is 4.90 Å². The van der Waals surface area contributed by atoms with Crippen LogP contribution in [-0.2, 0) is 0 Å². The molecule has 20 heavy (non-hydrogen) atoms. The quantitative estimate of drug-likeness (QED) is 0.920. The lowest BCUT2D eigenvalue weighted by Crippen LogP contribution is -2.49. The maximum atomic E-state index is 13.7. The van der Waals surface area contributed by atoms with Gasteiger partial charge in [-0.2, -0.15) is 0 Å². The Morgan fingerprint density at radius 2 is 2.00 bits per heavy atom. The van der Waals surface area contributed by atoms with Crippen molar-refractivity contribution in [1.29, 1.82) is 0 Å². The summed E-state index contributed by atoms with van der Waals surface area (Å²) in [6.45, 7) is 8.00. The minimum absolute atomic E-state index is 0.271. The van der Waals surface area contributed by atoms with Gasteiger partial charge in [0.25, 0.3) is 0 Å². The first kappa shape index (κ1) is 14.8. The molecule has 1 heterocycles. The van der Waals surface area contributed by atoms with Gasteiger partial charge in [-0.15, -0.1) is 0 Å². The largest absolute Gasteiger partial charge is 0.478 e. The van der Waals surface area contributed by atoms with Crippen LogP contribution in [0.1, 0.15) is 30.6 Å². The summed E-state index contributed by atoms with van der Waals surface area (Å²) in [5.41, 5.74) is 0.489. The number of nitrogens with zero attached hydrogens (tertiary/aromatic N) is 2. The van der Waals surface area contributed by atoms with E-state index in [1.54, 1.807) is 6.07 Å². The molecule has 1 atom stereocenters. The Morgan fingerprint density at radius 3 is 2.50 bits per heavy atom. The van der Waals surface area contributed by atoms with Crippen molar-refractivity contribution in [2.24, 2.45) is 0 Å². The molecule has 1 fully saturated rings. The first-order valence-corrected chi connectivity index (χ1v) is 7.04. The highest BCUT2D eigenvalue weighted by atomic mass is 19.1. The Kier molecular flexibility index (Phi) is 4.60. The number of rotatable bonds is 4. The van der Waals surface area contributed by atoms with Gasteiger partial charge in [0, 0.05) is 37.9 Å². The first-order chi connectivity index (χ1) is 9.52. The van der Waals surface area contributed by atoms with E-state index in [1.165, 1.54) is 12.1 Å². The summed E-state index contributed by atoms with van der Waals surface area (Å²) in [6.07, 6.45) is 1.13. The number of aromatic carboxylic acids is 1. The molecule has 0 aromatic heterocycles. The summed E-state index contributed by atoms with van der Waals surface area (Å²) >= 11 is 0. The number of hydrogen-bond acceptors (Lipinski definition) is 3. The van der Waals surface area contributed by atoms with E-state index in [9.17, 15) is 9.18 Å². The van der Waals surface area contributed by atoms with Crippen molar-refractivity contribution in [3.63, 3.8) is 0 Å². The fourth-order valence-corrected chi connectivity index (χ4v) is 2.55. The molecular formula is C15H21FN2O2. The molecule has 0 amide bonds. The molecule has 1 saturated heterocycles. The normalized spacial score (nSPS) is 18.1. The average molecular weight is 280 g/mol. The van der Waals surface area contributed by atoms with E-state index in [4.69, 9.17) is 5.11 Å². The van der Waals surface area contributed by atoms with Crippen LogP contribution in [0.2, 0.25) is 0 Å². The third-order valence-electron chi connectivity index (χ3n) is 4.08. The number of benzene rings is 1. The average Bonchev–Trinajstić information content (AvgIpc) is 2.46. The van der Waals surface area contributed by atoms with Crippen molar-refractivity contribution in [1.82, 2.24) is 4.90 Å². The second kappa shape index (κ2) is 6.22. The predicted molar refractivity (Wildman–Crippen MR) is 76.9 cm³/mol. The zero-order chi connectivity index (χ0) is 14.7. The maximum Gasteiger partial charge on any atom is 0.338 e. The Labute approximate surface area is 118 Å². The number of hydrogen-bond donors (Lipinski definition) is 1. The van der Waals surface area contributed by atoms with Crippen molar-refractivity contribution < 1.29 is 14.3 Å². The predicted octanol–water partition coefficient (Wildman–Crippen LogP) is 2.44. The second-order valence-corrected chi connectivity index (χ2v) is 5.25. The van der Waals surface area contributed by atoms with Crippen molar-refractivity contribution in [3.05, 3.63) is 29.6 Å². The number of carbonyl (C=O) groups is 1. The van der Waals surface area contributed by atoms with Gasteiger partial charge >= 0.3 is 5.97 Å². The van der Waals surface area contributed by atoms with Gasteiger partial charge in [0.15, 0.2) is 0 Å². The van der Waals surface area contributed by atoms with Crippen LogP contribution in [0.3, 0.4) is 0 Å². The maximum absolute atomic E-state index is 13.7. The molecule has 1 aromatic carbocycles. The molecule has 4 nitrogen and oxygen atoms in total. The van der Waals surface area contributed by atoms with Gasteiger partial charge in [0.1, 0.15) is 5.82 Å². The van der Waals surface area contributed by atoms with Crippen LogP contribution >= 0.6 is 0 Å². The summed E-state index contributed by atoms with van der Waals surface area (Å²) in [7, 11) is 0. The van der Waals surface area contributed by atoms with Crippen molar-refractivity contribution in [2.45, 2.75) is 26.3 Å². The van der Waals surface area contributed by atoms with Gasteiger partial charge in [0.05, 0.1) is 5.56 Å². The van der Waals surface area contributed by atoms with Gasteiger partial charge in [-0.1, -0.05) is 6.92 Å². The van der Waals surface area contributed by atoms with E-state index >= 15 is 0 Å². The molecule has 0 aliphatic carbocycles. The van der Waals surface area contributed by atoms with Crippen molar-refractivity contribution >= 4 is 11.7 Å². The lowest BCUT2D eigenvalue weighted by molar-refractivity contribution is 0.0692. The van der Waals surface area contributed by atoms with Gasteiger partial charge in [-0.05, 0) is 31.5 Å². The number of carboxylic acids is 1. The van der Waals surface area contributed by atoms with Crippen LogP contribution in [0.5, 0.6) is 0 Å². The standard InChI is InChI=1S/C15H21FN2O2/c1-3-11(2)17-6-8-18(9-7-17)12-4-5-13(15(19)20)14(16)10-12/h4-5,10-11H,3,6-9H2,1-2H3,(H,19,20). The fraction of sp³-hybridized carbons (Fsp3) is 0.533. The Bertz CT molecular complexity index is 485. The van der Waals surface area contributed by atoms with Gasteiger partial charge in [0.2, 0.25) is 0 Å². The number of carboxylic acid groups (broad SMARTS) is 1. The second-order valence-electron chi connectivity index (χ2n) is 5.25. The van der Waals surface area contributed by atoms with Gasteiger partial charge in [-0.25, -0.2) is 9.18 Å². The molecule has 110 valence electrons. The molecule has 1 N–H and O–H groups in total. The van der Waals surface area contributed by atoms with E-state index in [-0.39, 0.29) is 5.56 Å². The zero-order valence-electron chi connectivity index (χ0n) is 12.0. The van der Waals surface area contributed by atoms with Crippen LogP contribution in [0.25, 0.3) is 0 Å². The minimum atomic E-state index is -1.23. The third kappa shape index (κ3) is 3.10. The smallest absolute Gasteiger partial charge is 0.338 e.